The second-order valence-electron chi connectivity index (χ2n) is 4.18. The van der Waals surface area contributed by atoms with E-state index in [-0.39, 0.29) is 6.61 Å². The molecule has 2 rings (SSSR count). The van der Waals surface area contributed by atoms with Crippen LogP contribution in [0.5, 0.6) is 0 Å². The Morgan fingerprint density at radius 2 is 2.11 bits per heavy atom. The van der Waals surface area contributed by atoms with Crippen molar-refractivity contribution in [1.82, 2.24) is 9.97 Å². The molecular formula is C14H16N2OS. The number of benzene rings is 1. The predicted molar refractivity (Wildman–Crippen MR) is 73.4 cm³/mol. The molecule has 1 heterocycles. The van der Waals surface area contributed by atoms with Crippen molar-refractivity contribution < 1.29 is 5.11 Å². The summed E-state index contributed by atoms with van der Waals surface area (Å²) in [6.07, 6.45) is 1.77. The van der Waals surface area contributed by atoms with Gasteiger partial charge in [-0.05, 0) is 31.5 Å². The van der Waals surface area contributed by atoms with Gasteiger partial charge in [0.15, 0.2) is 0 Å². The van der Waals surface area contributed by atoms with Crippen molar-refractivity contribution in [3.05, 3.63) is 53.1 Å². The average molecular weight is 260 g/mol. The van der Waals surface area contributed by atoms with Gasteiger partial charge in [0.25, 0.3) is 0 Å². The van der Waals surface area contributed by atoms with Crippen molar-refractivity contribution in [2.24, 2.45) is 0 Å². The molecule has 0 bridgehead atoms. The molecule has 0 saturated carbocycles. The van der Waals surface area contributed by atoms with Crippen LogP contribution in [0.25, 0.3) is 0 Å². The zero-order valence-electron chi connectivity index (χ0n) is 10.6. The van der Waals surface area contributed by atoms with E-state index in [2.05, 4.69) is 35.1 Å². The van der Waals surface area contributed by atoms with E-state index in [1.165, 1.54) is 10.5 Å². The number of aromatic nitrogens is 2. The Morgan fingerprint density at radius 1 is 1.28 bits per heavy atom. The number of aliphatic hydroxyl groups excluding tert-OH is 1. The van der Waals surface area contributed by atoms with Gasteiger partial charge in [-0.2, -0.15) is 0 Å². The lowest BCUT2D eigenvalue weighted by Crippen LogP contribution is -2.00. The zero-order valence-corrected chi connectivity index (χ0v) is 11.4. The maximum atomic E-state index is 9.17. The van der Waals surface area contributed by atoms with Gasteiger partial charge in [-0.3, -0.25) is 0 Å². The summed E-state index contributed by atoms with van der Waals surface area (Å²) in [7, 11) is 0. The van der Waals surface area contributed by atoms with Gasteiger partial charge in [0.05, 0.1) is 18.1 Å². The topological polar surface area (TPSA) is 46.0 Å². The predicted octanol–water partition coefficient (Wildman–Crippen LogP) is 2.88. The van der Waals surface area contributed by atoms with Crippen LogP contribution < -0.4 is 0 Å². The highest BCUT2D eigenvalue weighted by Gasteiger charge is 2.04. The Hall–Kier alpha value is -1.39. The quantitative estimate of drug-likeness (QED) is 0.859. The maximum Gasteiger partial charge on any atom is 0.138 e. The van der Waals surface area contributed by atoms with Gasteiger partial charge < -0.3 is 5.11 Å². The molecule has 1 aromatic heterocycles. The minimum atomic E-state index is -0.0313. The molecule has 94 valence electrons. The highest BCUT2D eigenvalue weighted by Crippen LogP contribution is 2.22. The Labute approximate surface area is 111 Å². The van der Waals surface area contributed by atoms with Crippen molar-refractivity contribution in [3.63, 3.8) is 0 Å². The summed E-state index contributed by atoms with van der Waals surface area (Å²) in [6.45, 7) is 3.95. The van der Waals surface area contributed by atoms with E-state index in [9.17, 15) is 0 Å². The Bertz CT molecular complexity index is 543. The van der Waals surface area contributed by atoms with Crippen LogP contribution in [0.15, 0.2) is 35.4 Å². The first-order chi connectivity index (χ1) is 8.69. The van der Waals surface area contributed by atoms with Crippen LogP contribution in [0, 0.1) is 13.8 Å². The lowest BCUT2D eigenvalue weighted by atomic mass is 10.2. The number of hydrogen-bond acceptors (Lipinski definition) is 4. The van der Waals surface area contributed by atoms with Gasteiger partial charge in [-0.1, -0.05) is 17.7 Å². The molecule has 0 atom stereocenters. The second kappa shape index (κ2) is 5.98. The monoisotopic (exact) mass is 260 g/mol. The molecule has 1 aromatic carbocycles. The maximum absolute atomic E-state index is 9.17. The van der Waals surface area contributed by atoms with E-state index < -0.39 is 0 Å². The first kappa shape index (κ1) is 13.1. The summed E-state index contributed by atoms with van der Waals surface area (Å²) in [6, 6.07) is 8.35. The molecule has 0 aliphatic carbocycles. The van der Waals surface area contributed by atoms with E-state index in [0.29, 0.717) is 5.69 Å². The SMILES string of the molecule is Cc1cccc(SCc2ncc(C)c(CO)n2)c1. The summed E-state index contributed by atoms with van der Waals surface area (Å²) >= 11 is 1.71. The molecule has 3 nitrogen and oxygen atoms in total. The fraction of sp³-hybridized carbons (Fsp3) is 0.286. The van der Waals surface area contributed by atoms with Crippen LogP contribution in [0.3, 0.4) is 0 Å². The van der Waals surface area contributed by atoms with Crippen LogP contribution in [-0.4, -0.2) is 15.1 Å². The summed E-state index contributed by atoms with van der Waals surface area (Å²) in [4.78, 5) is 9.84. The van der Waals surface area contributed by atoms with Crippen LogP contribution in [0.2, 0.25) is 0 Å². The third-order valence-electron chi connectivity index (χ3n) is 2.63. The number of aryl methyl sites for hydroxylation is 2. The molecule has 0 spiro atoms. The van der Waals surface area contributed by atoms with Gasteiger partial charge in [0.1, 0.15) is 5.82 Å². The summed E-state index contributed by atoms with van der Waals surface area (Å²) < 4.78 is 0. The fourth-order valence-corrected chi connectivity index (χ4v) is 2.48. The molecule has 0 fully saturated rings. The lowest BCUT2D eigenvalue weighted by molar-refractivity contribution is 0.275. The van der Waals surface area contributed by atoms with Gasteiger partial charge in [0, 0.05) is 11.1 Å². The van der Waals surface area contributed by atoms with Gasteiger partial charge >= 0.3 is 0 Å². The average Bonchev–Trinajstić information content (AvgIpc) is 2.38. The normalized spacial score (nSPS) is 10.6. The highest BCUT2D eigenvalue weighted by atomic mass is 32.2. The van der Waals surface area contributed by atoms with E-state index >= 15 is 0 Å². The first-order valence-corrected chi connectivity index (χ1v) is 6.79. The molecule has 0 amide bonds. The number of rotatable bonds is 4. The Kier molecular flexibility index (Phi) is 4.33. The van der Waals surface area contributed by atoms with Crippen molar-refractivity contribution in [1.29, 1.82) is 0 Å². The largest absolute Gasteiger partial charge is 0.390 e. The summed E-state index contributed by atoms with van der Waals surface area (Å²) in [5, 5.41) is 9.17. The molecule has 1 N–H and O–H groups in total. The molecule has 0 aliphatic heterocycles. The third-order valence-corrected chi connectivity index (χ3v) is 3.62. The van der Waals surface area contributed by atoms with E-state index in [0.717, 1.165) is 17.1 Å². The number of hydrogen-bond donors (Lipinski definition) is 1. The summed E-state index contributed by atoms with van der Waals surface area (Å²) in [5.74, 6) is 1.48. The van der Waals surface area contributed by atoms with E-state index in [1.54, 1.807) is 18.0 Å². The van der Waals surface area contributed by atoms with Crippen LogP contribution in [-0.2, 0) is 12.4 Å². The minimum Gasteiger partial charge on any atom is -0.390 e. The molecule has 0 saturated heterocycles. The first-order valence-electron chi connectivity index (χ1n) is 5.81. The van der Waals surface area contributed by atoms with Crippen molar-refractivity contribution in [3.8, 4) is 0 Å². The molecule has 0 radical (unpaired) electrons. The molecule has 0 aliphatic rings. The standard InChI is InChI=1S/C14H16N2OS/c1-10-4-3-5-12(6-10)18-9-14-15-7-11(2)13(8-17)16-14/h3-7,17H,8-9H2,1-2H3. The van der Waals surface area contributed by atoms with Crippen LogP contribution in [0.1, 0.15) is 22.6 Å². The molecule has 2 aromatic rings. The lowest BCUT2D eigenvalue weighted by Gasteiger charge is -2.05. The van der Waals surface area contributed by atoms with E-state index in [4.69, 9.17) is 5.11 Å². The Morgan fingerprint density at radius 3 is 2.83 bits per heavy atom. The zero-order chi connectivity index (χ0) is 13.0. The molecular weight excluding hydrogens is 244 g/mol. The van der Waals surface area contributed by atoms with Gasteiger partial charge in [0.2, 0.25) is 0 Å². The number of aliphatic hydroxyl groups is 1. The van der Waals surface area contributed by atoms with Crippen molar-refractivity contribution in [2.45, 2.75) is 31.1 Å². The molecule has 0 unspecified atom stereocenters. The minimum absolute atomic E-state index is 0.0313. The number of thioether (sulfide) groups is 1. The fourth-order valence-electron chi connectivity index (χ4n) is 1.60. The molecule has 4 heteroatoms. The van der Waals surface area contributed by atoms with E-state index in [1.807, 2.05) is 13.0 Å². The van der Waals surface area contributed by atoms with Gasteiger partial charge in [-0.25, -0.2) is 9.97 Å². The number of nitrogens with zero attached hydrogens (tertiary/aromatic N) is 2. The molecule has 18 heavy (non-hydrogen) atoms. The van der Waals surface area contributed by atoms with Crippen LogP contribution in [0.4, 0.5) is 0 Å². The van der Waals surface area contributed by atoms with Gasteiger partial charge in [-0.15, -0.1) is 11.8 Å². The summed E-state index contributed by atoms with van der Waals surface area (Å²) in [5.41, 5.74) is 2.90. The van der Waals surface area contributed by atoms with Crippen molar-refractivity contribution in [2.75, 3.05) is 0 Å². The highest BCUT2D eigenvalue weighted by molar-refractivity contribution is 7.98. The van der Waals surface area contributed by atoms with Crippen LogP contribution >= 0.6 is 11.8 Å². The Balaban J connectivity index is 2.06. The third kappa shape index (κ3) is 3.31. The van der Waals surface area contributed by atoms with Crippen molar-refractivity contribution >= 4 is 11.8 Å². The second-order valence-corrected chi connectivity index (χ2v) is 5.23. The smallest absolute Gasteiger partial charge is 0.138 e.